The predicted octanol–water partition coefficient (Wildman–Crippen LogP) is 3.21. The lowest BCUT2D eigenvalue weighted by Gasteiger charge is -2.07. The quantitative estimate of drug-likeness (QED) is 0.803. The molecule has 4 nitrogen and oxygen atoms in total. The fourth-order valence-electron chi connectivity index (χ4n) is 2.17. The Labute approximate surface area is 120 Å². The highest BCUT2D eigenvalue weighted by molar-refractivity contribution is 5.93. The highest BCUT2D eigenvalue weighted by atomic mass is 19.1. The zero-order valence-electron chi connectivity index (χ0n) is 11.4. The molecule has 0 unspecified atom stereocenters. The average molecular weight is 284 g/mol. The fourth-order valence-corrected chi connectivity index (χ4v) is 2.17. The second-order valence-electron chi connectivity index (χ2n) is 4.79. The number of nitrogens with zero attached hydrogens (tertiary/aromatic N) is 1. The Morgan fingerprint density at radius 2 is 2.19 bits per heavy atom. The summed E-state index contributed by atoms with van der Waals surface area (Å²) in [5.74, 6) is -0.769. The van der Waals surface area contributed by atoms with Crippen molar-refractivity contribution in [1.29, 1.82) is 0 Å². The second kappa shape index (κ2) is 5.36. The number of amides is 1. The standard InChI is InChI=1S/C16H13FN2O2/c1-10-6-13(17)9-18-15(10)16(20)19-8-11-2-3-14-12(7-11)4-5-21-14/h2-7,9H,8H2,1H3,(H,19,20). The van der Waals surface area contributed by atoms with Crippen LogP contribution >= 0.6 is 0 Å². The molecular weight excluding hydrogens is 271 g/mol. The van der Waals surface area contributed by atoms with Gasteiger partial charge in [0, 0.05) is 11.9 Å². The predicted molar refractivity (Wildman–Crippen MR) is 76.3 cm³/mol. The summed E-state index contributed by atoms with van der Waals surface area (Å²) in [4.78, 5) is 15.9. The van der Waals surface area contributed by atoms with Gasteiger partial charge in [0.2, 0.25) is 0 Å². The van der Waals surface area contributed by atoms with Crippen LogP contribution in [0.2, 0.25) is 0 Å². The molecule has 0 spiro atoms. The highest BCUT2D eigenvalue weighted by Crippen LogP contribution is 2.17. The van der Waals surface area contributed by atoms with Crippen LogP contribution in [0.25, 0.3) is 11.0 Å². The summed E-state index contributed by atoms with van der Waals surface area (Å²) in [7, 11) is 0. The van der Waals surface area contributed by atoms with Crippen molar-refractivity contribution in [1.82, 2.24) is 10.3 Å². The summed E-state index contributed by atoms with van der Waals surface area (Å²) >= 11 is 0. The van der Waals surface area contributed by atoms with E-state index in [1.807, 2.05) is 24.3 Å². The van der Waals surface area contributed by atoms with Crippen LogP contribution in [-0.4, -0.2) is 10.9 Å². The maximum absolute atomic E-state index is 13.0. The van der Waals surface area contributed by atoms with Gasteiger partial charge in [0.05, 0.1) is 12.5 Å². The van der Waals surface area contributed by atoms with Crippen LogP contribution < -0.4 is 5.32 Å². The number of carbonyl (C=O) groups excluding carboxylic acids is 1. The van der Waals surface area contributed by atoms with E-state index in [4.69, 9.17) is 4.42 Å². The van der Waals surface area contributed by atoms with Crippen LogP contribution in [0.1, 0.15) is 21.6 Å². The topological polar surface area (TPSA) is 55.1 Å². The molecule has 3 aromatic rings. The molecule has 1 amide bonds. The van der Waals surface area contributed by atoms with Crippen LogP contribution in [0.5, 0.6) is 0 Å². The molecule has 2 heterocycles. The normalized spacial score (nSPS) is 10.8. The van der Waals surface area contributed by atoms with E-state index in [2.05, 4.69) is 10.3 Å². The molecule has 21 heavy (non-hydrogen) atoms. The van der Waals surface area contributed by atoms with Crippen molar-refractivity contribution in [3.8, 4) is 0 Å². The van der Waals surface area contributed by atoms with Gasteiger partial charge in [0.25, 0.3) is 5.91 Å². The Hall–Kier alpha value is -2.69. The molecule has 5 heteroatoms. The number of carbonyl (C=O) groups is 1. The van der Waals surface area contributed by atoms with Gasteiger partial charge in [0.15, 0.2) is 0 Å². The van der Waals surface area contributed by atoms with E-state index in [0.717, 1.165) is 22.7 Å². The summed E-state index contributed by atoms with van der Waals surface area (Å²) in [5, 5.41) is 3.76. The van der Waals surface area contributed by atoms with E-state index in [1.165, 1.54) is 6.07 Å². The van der Waals surface area contributed by atoms with Gasteiger partial charge in [-0.25, -0.2) is 9.37 Å². The van der Waals surface area contributed by atoms with Crippen LogP contribution in [0.15, 0.2) is 47.2 Å². The smallest absolute Gasteiger partial charge is 0.270 e. The molecule has 0 aliphatic rings. The van der Waals surface area contributed by atoms with Crippen molar-refractivity contribution in [2.24, 2.45) is 0 Å². The van der Waals surface area contributed by atoms with E-state index in [1.54, 1.807) is 13.2 Å². The van der Waals surface area contributed by atoms with Crippen molar-refractivity contribution >= 4 is 16.9 Å². The Kier molecular flexibility index (Phi) is 3.39. The summed E-state index contributed by atoms with van der Waals surface area (Å²) in [6.45, 7) is 2.03. The SMILES string of the molecule is Cc1cc(F)cnc1C(=O)NCc1ccc2occc2c1. The molecule has 106 valence electrons. The number of hydrogen-bond acceptors (Lipinski definition) is 3. The lowest BCUT2D eigenvalue weighted by atomic mass is 10.1. The van der Waals surface area contributed by atoms with Crippen molar-refractivity contribution in [2.45, 2.75) is 13.5 Å². The third kappa shape index (κ3) is 2.76. The van der Waals surface area contributed by atoms with Gasteiger partial charge in [0.1, 0.15) is 17.1 Å². The number of fused-ring (bicyclic) bond motifs is 1. The Morgan fingerprint density at radius 3 is 3.00 bits per heavy atom. The molecule has 3 rings (SSSR count). The van der Waals surface area contributed by atoms with Gasteiger partial charge in [-0.05, 0) is 42.3 Å². The minimum absolute atomic E-state index is 0.237. The number of hydrogen-bond donors (Lipinski definition) is 1. The largest absolute Gasteiger partial charge is 0.464 e. The van der Waals surface area contributed by atoms with Crippen LogP contribution in [0.4, 0.5) is 4.39 Å². The van der Waals surface area contributed by atoms with Gasteiger partial charge >= 0.3 is 0 Å². The third-order valence-corrected chi connectivity index (χ3v) is 3.23. The monoisotopic (exact) mass is 284 g/mol. The molecular formula is C16H13FN2O2. The number of pyridine rings is 1. The maximum atomic E-state index is 13.0. The minimum atomic E-state index is -0.450. The van der Waals surface area contributed by atoms with E-state index in [0.29, 0.717) is 12.1 Å². The van der Waals surface area contributed by atoms with Gasteiger partial charge in [-0.2, -0.15) is 0 Å². The minimum Gasteiger partial charge on any atom is -0.464 e. The molecule has 0 saturated heterocycles. The first-order valence-electron chi connectivity index (χ1n) is 6.50. The zero-order chi connectivity index (χ0) is 14.8. The van der Waals surface area contributed by atoms with E-state index in [-0.39, 0.29) is 11.6 Å². The molecule has 0 aliphatic heterocycles. The van der Waals surface area contributed by atoms with Gasteiger partial charge < -0.3 is 9.73 Å². The number of benzene rings is 1. The van der Waals surface area contributed by atoms with Crippen LogP contribution in [-0.2, 0) is 6.54 Å². The maximum Gasteiger partial charge on any atom is 0.270 e. The molecule has 0 fully saturated rings. The van der Waals surface area contributed by atoms with Crippen LogP contribution in [0, 0.1) is 12.7 Å². The van der Waals surface area contributed by atoms with Crippen molar-refractivity contribution in [3.05, 3.63) is 65.4 Å². The zero-order valence-corrected chi connectivity index (χ0v) is 11.4. The van der Waals surface area contributed by atoms with E-state index < -0.39 is 5.82 Å². The highest BCUT2D eigenvalue weighted by Gasteiger charge is 2.11. The molecule has 0 atom stereocenters. The summed E-state index contributed by atoms with van der Waals surface area (Å²) in [6, 6.07) is 8.85. The third-order valence-electron chi connectivity index (χ3n) is 3.23. The molecule has 0 saturated carbocycles. The van der Waals surface area contributed by atoms with Crippen molar-refractivity contribution in [3.63, 3.8) is 0 Å². The summed E-state index contributed by atoms with van der Waals surface area (Å²) < 4.78 is 18.2. The molecule has 2 aromatic heterocycles. The molecule has 0 radical (unpaired) electrons. The molecule has 0 aliphatic carbocycles. The molecule has 0 bridgehead atoms. The van der Waals surface area contributed by atoms with Crippen molar-refractivity contribution in [2.75, 3.05) is 0 Å². The summed E-state index contributed by atoms with van der Waals surface area (Å²) in [6.07, 6.45) is 2.66. The van der Waals surface area contributed by atoms with Gasteiger partial charge in [-0.3, -0.25) is 4.79 Å². The fraction of sp³-hybridized carbons (Fsp3) is 0.125. The van der Waals surface area contributed by atoms with Crippen molar-refractivity contribution < 1.29 is 13.6 Å². The Morgan fingerprint density at radius 1 is 1.33 bits per heavy atom. The number of furan rings is 1. The first-order valence-corrected chi connectivity index (χ1v) is 6.50. The lowest BCUT2D eigenvalue weighted by Crippen LogP contribution is -2.24. The number of rotatable bonds is 3. The first-order chi connectivity index (χ1) is 10.1. The first kappa shape index (κ1) is 13.3. The van der Waals surface area contributed by atoms with Crippen LogP contribution in [0.3, 0.4) is 0 Å². The number of halogens is 1. The Balaban J connectivity index is 1.73. The van der Waals surface area contributed by atoms with Gasteiger partial charge in [-0.15, -0.1) is 0 Å². The second-order valence-corrected chi connectivity index (χ2v) is 4.79. The number of nitrogens with one attached hydrogen (secondary N) is 1. The average Bonchev–Trinajstić information content (AvgIpc) is 2.92. The number of aromatic nitrogens is 1. The number of aryl methyl sites for hydroxylation is 1. The summed E-state index contributed by atoms with van der Waals surface area (Å²) in [5.41, 5.74) is 2.51. The lowest BCUT2D eigenvalue weighted by molar-refractivity contribution is 0.0945. The van der Waals surface area contributed by atoms with Gasteiger partial charge in [-0.1, -0.05) is 6.07 Å². The van der Waals surface area contributed by atoms with E-state index >= 15 is 0 Å². The molecule has 1 N–H and O–H groups in total. The Bertz CT molecular complexity index is 811. The van der Waals surface area contributed by atoms with E-state index in [9.17, 15) is 9.18 Å². The molecule has 1 aromatic carbocycles.